The zero-order chi connectivity index (χ0) is 19.1. The number of hydrogen-bond donors (Lipinski definition) is 3. The van der Waals surface area contributed by atoms with E-state index in [0.29, 0.717) is 11.3 Å². The van der Waals surface area contributed by atoms with Crippen LogP contribution in [0.3, 0.4) is 0 Å². The molecule has 0 radical (unpaired) electrons. The minimum Gasteiger partial charge on any atom is -0.463 e. The topological polar surface area (TPSA) is 88.0 Å². The molecule has 0 bridgehead atoms. The van der Waals surface area contributed by atoms with Crippen molar-refractivity contribution in [1.82, 2.24) is 5.32 Å². The third-order valence-corrected chi connectivity index (χ3v) is 4.18. The van der Waals surface area contributed by atoms with E-state index >= 15 is 0 Å². The Morgan fingerprint density at radius 1 is 1.04 bits per heavy atom. The molecule has 1 aromatic heterocycles. The van der Waals surface area contributed by atoms with Crippen molar-refractivity contribution in [2.24, 2.45) is 0 Å². The van der Waals surface area contributed by atoms with Crippen LogP contribution in [-0.4, -0.2) is 25.4 Å². The van der Waals surface area contributed by atoms with Gasteiger partial charge in [0.2, 0.25) is 0 Å². The first-order chi connectivity index (χ1) is 13.2. The first-order valence-corrected chi connectivity index (χ1v) is 8.71. The van der Waals surface area contributed by atoms with E-state index in [1.165, 1.54) is 0 Å². The monoisotopic (exact) mass is 364 g/mol. The van der Waals surface area contributed by atoms with Crippen molar-refractivity contribution in [2.45, 2.75) is 6.04 Å². The van der Waals surface area contributed by atoms with Crippen LogP contribution in [0.5, 0.6) is 0 Å². The van der Waals surface area contributed by atoms with E-state index in [1.54, 1.807) is 37.6 Å². The van der Waals surface area contributed by atoms with Gasteiger partial charge in [-0.1, -0.05) is 36.4 Å². The second-order valence-corrected chi connectivity index (χ2v) is 6.05. The van der Waals surface area contributed by atoms with E-state index in [9.17, 15) is 9.59 Å². The molecule has 0 aliphatic carbocycles. The van der Waals surface area contributed by atoms with Gasteiger partial charge in [-0.05, 0) is 30.3 Å². The molecule has 6 nitrogen and oxygen atoms in total. The lowest BCUT2D eigenvalue weighted by Gasteiger charge is -2.14. The molecule has 2 aromatic carbocycles. The lowest BCUT2D eigenvalue weighted by atomic mass is 10.0. The van der Waals surface area contributed by atoms with Crippen LogP contribution in [0.1, 0.15) is 27.7 Å². The standard InChI is InChI=1S/C21H21N3O3/c1-22-21(26)16-9-5-10-17(13-16)24-19(25)14-23-20(18-11-6-12-27-18)15-7-3-2-4-8-15/h2-13,20,23H,14H2,1H3,(H,22,26)(H,24,25)/p+1/t20-/m1/s1. The number of amides is 2. The van der Waals surface area contributed by atoms with Crippen molar-refractivity contribution >= 4 is 17.5 Å². The fraction of sp³-hybridized carbons (Fsp3) is 0.143. The molecule has 0 spiro atoms. The first-order valence-electron chi connectivity index (χ1n) is 8.71. The predicted molar refractivity (Wildman–Crippen MR) is 102 cm³/mol. The van der Waals surface area contributed by atoms with E-state index in [1.807, 2.05) is 47.8 Å². The number of hydrogen-bond acceptors (Lipinski definition) is 3. The first kappa shape index (κ1) is 18.4. The quantitative estimate of drug-likeness (QED) is 0.599. The summed E-state index contributed by atoms with van der Waals surface area (Å²) >= 11 is 0. The van der Waals surface area contributed by atoms with Gasteiger partial charge in [0.1, 0.15) is 0 Å². The molecule has 1 heterocycles. The van der Waals surface area contributed by atoms with Crippen LogP contribution >= 0.6 is 0 Å². The number of carbonyl (C=O) groups is 2. The number of anilines is 1. The summed E-state index contributed by atoms with van der Waals surface area (Å²) < 4.78 is 5.55. The Bertz CT molecular complexity index is 892. The molecule has 138 valence electrons. The lowest BCUT2D eigenvalue weighted by molar-refractivity contribution is -0.678. The Morgan fingerprint density at radius 2 is 1.85 bits per heavy atom. The van der Waals surface area contributed by atoms with Crippen molar-refractivity contribution in [3.05, 3.63) is 89.9 Å². The van der Waals surface area contributed by atoms with Gasteiger partial charge in [0, 0.05) is 23.9 Å². The largest absolute Gasteiger partial charge is 0.463 e. The molecule has 3 aromatic rings. The Balaban J connectivity index is 1.66. The van der Waals surface area contributed by atoms with Crippen LogP contribution in [0.4, 0.5) is 5.69 Å². The predicted octanol–water partition coefficient (Wildman–Crippen LogP) is 1.93. The highest BCUT2D eigenvalue weighted by Crippen LogP contribution is 2.18. The maximum atomic E-state index is 12.4. The van der Waals surface area contributed by atoms with Gasteiger partial charge in [-0.25, -0.2) is 0 Å². The van der Waals surface area contributed by atoms with E-state index in [-0.39, 0.29) is 24.4 Å². The minimum atomic E-state index is -0.195. The molecule has 0 fully saturated rings. The summed E-state index contributed by atoms with van der Waals surface area (Å²) in [6.45, 7) is 0.213. The molecule has 4 N–H and O–H groups in total. The number of carbonyl (C=O) groups excluding carboxylic acids is 2. The molecular formula is C21H22N3O3+. The van der Waals surface area contributed by atoms with Gasteiger partial charge in [-0.15, -0.1) is 0 Å². The molecule has 0 aliphatic heterocycles. The fourth-order valence-corrected chi connectivity index (χ4v) is 2.86. The lowest BCUT2D eigenvalue weighted by Crippen LogP contribution is -2.87. The summed E-state index contributed by atoms with van der Waals surface area (Å²) in [5.74, 6) is 0.437. The zero-order valence-electron chi connectivity index (χ0n) is 15.0. The van der Waals surface area contributed by atoms with Crippen LogP contribution in [0.25, 0.3) is 0 Å². The van der Waals surface area contributed by atoms with Crippen LogP contribution < -0.4 is 16.0 Å². The number of nitrogens with one attached hydrogen (secondary N) is 2. The van der Waals surface area contributed by atoms with Gasteiger partial charge in [0.25, 0.3) is 11.8 Å². The van der Waals surface area contributed by atoms with Gasteiger partial charge in [0.05, 0.1) is 6.26 Å². The number of furan rings is 1. The number of quaternary nitrogens is 1. The SMILES string of the molecule is CNC(=O)c1cccc(NC(=O)C[NH2+][C@H](c2ccccc2)c2ccco2)c1. The molecule has 27 heavy (non-hydrogen) atoms. The fourth-order valence-electron chi connectivity index (χ4n) is 2.86. The summed E-state index contributed by atoms with van der Waals surface area (Å²) in [7, 11) is 1.57. The van der Waals surface area contributed by atoms with Crippen molar-refractivity contribution in [3.63, 3.8) is 0 Å². The number of nitrogens with two attached hydrogens (primary N) is 1. The molecule has 0 aliphatic rings. The summed E-state index contributed by atoms with van der Waals surface area (Å²) in [4.78, 5) is 24.1. The zero-order valence-corrected chi connectivity index (χ0v) is 15.0. The second-order valence-electron chi connectivity index (χ2n) is 6.05. The summed E-state index contributed by atoms with van der Waals surface area (Å²) in [6, 6.07) is 20.4. The smallest absolute Gasteiger partial charge is 0.279 e. The maximum Gasteiger partial charge on any atom is 0.279 e. The van der Waals surface area contributed by atoms with Crippen molar-refractivity contribution in [2.75, 3.05) is 18.9 Å². The molecule has 0 saturated heterocycles. The van der Waals surface area contributed by atoms with Gasteiger partial charge >= 0.3 is 0 Å². The molecule has 0 saturated carbocycles. The molecule has 6 heteroatoms. The Morgan fingerprint density at radius 3 is 2.56 bits per heavy atom. The van der Waals surface area contributed by atoms with Crippen LogP contribution in [0.2, 0.25) is 0 Å². The van der Waals surface area contributed by atoms with E-state index in [2.05, 4.69) is 10.6 Å². The average molecular weight is 364 g/mol. The molecule has 3 rings (SSSR count). The molecule has 2 amide bonds. The molecule has 1 atom stereocenters. The van der Waals surface area contributed by atoms with E-state index in [4.69, 9.17) is 4.42 Å². The summed E-state index contributed by atoms with van der Waals surface area (Å²) in [5.41, 5.74) is 2.14. The second kappa shape index (κ2) is 8.82. The highest BCUT2D eigenvalue weighted by atomic mass is 16.3. The highest BCUT2D eigenvalue weighted by molar-refractivity contribution is 5.97. The third-order valence-electron chi connectivity index (χ3n) is 4.18. The van der Waals surface area contributed by atoms with Crippen molar-refractivity contribution in [3.8, 4) is 0 Å². The van der Waals surface area contributed by atoms with Crippen LogP contribution in [-0.2, 0) is 4.79 Å². The maximum absolute atomic E-state index is 12.4. The minimum absolute atomic E-state index is 0.107. The molecular weight excluding hydrogens is 342 g/mol. The van der Waals surface area contributed by atoms with Gasteiger partial charge in [-0.3, -0.25) is 9.59 Å². The number of rotatable bonds is 7. The van der Waals surface area contributed by atoms with Crippen LogP contribution in [0.15, 0.2) is 77.4 Å². The van der Waals surface area contributed by atoms with E-state index < -0.39 is 0 Å². The summed E-state index contributed by atoms with van der Waals surface area (Å²) in [5, 5.41) is 7.32. The average Bonchev–Trinajstić information content (AvgIpc) is 3.23. The van der Waals surface area contributed by atoms with Crippen LogP contribution in [0, 0.1) is 0 Å². The van der Waals surface area contributed by atoms with Crippen molar-refractivity contribution in [1.29, 1.82) is 0 Å². The Kier molecular flexibility index (Phi) is 6.02. The van der Waals surface area contributed by atoms with E-state index in [0.717, 1.165) is 11.3 Å². The highest BCUT2D eigenvalue weighted by Gasteiger charge is 2.21. The Hall–Kier alpha value is -3.38. The Labute approximate surface area is 157 Å². The van der Waals surface area contributed by atoms with Crippen molar-refractivity contribution < 1.29 is 19.3 Å². The normalized spacial score (nSPS) is 11.6. The van der Waals surface area contributed by atoms with Gasteiger partial charge < -0.3 is 20.4 Å². The third kappa shape index (κ3) is 4.83. The number of benzene rings is 2. The van der Waals surface area contributed by atoms with Gasteiger partial charge in [-0.2, -0.15) is 0 Å². The summed E-state index contributed by atoms with van der Waals surface area (Å²) in [6.07, 6.45) is 1.63. The molecule has 0 unspecified atom stereocenters. The van der Waals surface area contributed by atoms with Gasteiger partial charge in [0.15, 0.2) is 18.3 Å².